The van der Waals surface area contributed by atoms with Gasteiger partial charge in [0.05, 0.1) is 32.4 Å². The predicted octanol–water partition coefficient (Wildman–Crippen LogP) is 4.63. The van der Waals surface area contributed by atoms with Gasteiger partial charge in [-0.2, -0.15) is 0 Å². The molecule has 1 atom stereocenters. The summed E-state index contributed by atoms with van der Waals surface area (Å²) in [5.41, 5.74) is 1.54. The zero-order chi connectivity index (χ0) is 21.9. The van der Waals surface area contributed by atoms with Gasteiger partial charge in [-0.05, 0) is 31.0 Å². The van der Waals surface area contributed by atoms with Gasteiger partial charge in [-0.1, -0.05) is 51.5 Å². The largest absolute Gasteiger partial charge is 0.493 e. The van der Waals surface area contributed by atoms with E-state index in [4.69, 9.17) is 14.2 Å². The minimum Gasteiger partial charge on any atom is -0.493 e. The molecule has 7 nitrogen and oxygen atoms in total. The third-order valence-electron chi connectivity index (χ3n) is 5.20. The lowest BCUT2D eigenvalue weighted by molar-refractivity contribution is -0.136. The van der Waals surface area contributed by atoms with E-state index in [1.807, 2.05) is 12.1 Å². The van der Waals surface area contributed by atoms with Crippen molar-refractivity contribution in [1.82, 2.24) is 10.6 Å². The van der Waals surface area contributed by atoms with E-state index in [9.17, 15) is 9.59 Å². The van der Waals surface area contributed by atoms with Crippen LogP contribution in [0.4, 0.5) is 4.79 Å². The molecule has 2 N–H and O–H groups in total. The molecule has 2 amide bonds. The van der Waals surface area contributed by atoms with Crippen molar-refractivity contribution in [3.05, 3.63) is 35.0 Å². The number of esters is 1. The third-order valence-corrected chi connectivity index (χ3v) is 5.20. The number of benzene rings is 1. The van der Waals surface area contributed by atoms with Crippen LogP contribution in [0.25, 0.3) is 0 Å². The number of hydrogen-bond donors (Lipinski definition) is 2. The molecule has 166 valence electrons. The summed E-state index contributed by atoms with van der Waals surface area (Å²) in [5, 5.41) is 5.39. The summed E-state index contributed by atoms with van der Waals surface area (Å²) in [4.78, 5) is 24.2. The predicted molar refractivity (Wildman–Crippen MR) is 116 cm³/mol. The molecule has 1 aromatic carbocycles. The second-order valence-electron chi connectivity index (χ2n) is 7.44. The number of allylic oxidation sites excluding steroid dienone is 1. The monoisotopic (exact) mass is 418 g/mol. The Morgan fingerprint density at radius 2 is 1.73 bits per heavy atom. The number of nitrogens with one attached hydrogen (secondary N) is 2. The summed E-state index contributed by atoms with van der Waals surface area (Å²) in [5.74, 6) is 0.709. The Morgan fingerprint density at radius 1 is 1.03 bits per heavy atom. The molecule has 0 bridgehead atoms. The number of carbonyl (C=O) groups excluding carboxylic acids is 2. The standard InChI is InChI=1S/C23H34N2O5/c1-5-6-7-8-9-10-11-14-30-18-13-12-17(15-19(18)28-3)21-20(22(26)29-4)16(2)24-23(27)25-21/h12-13,15,21H,5-11,14H2,1-4H3,(H2,24,25,27). The summed E-state index contributed by atoms with van der Waals surface area (Å²) < 4.78 is 16.3. The van der Waals surface area contributed by atoms with Gasteiger partial charge in [0.1, 0.15) is 0 Å². The van der Waals surface area contributed by atoms with Crippen LogP contribution in [0.5, 0.6) is 11.5 Å². The van der Waals surface area contributed by atoms with Gasteiger partial charge in [-0.3, -0.25) is 0 Å². The molecule has 1 heterocycles. The fourth-order valence-corrected chi connectivity index (χ4v) is 3.55. The highest BCUT2D eigenvalue weighted by Crippen LogP contribution is 2.34. The van der Waals surface area contributed by atoms with Gasteiger partial charge in [-0.25, -0.2) is 9.59 Å². The highest BCUT2D eigenvalue weighted by molar-refractivity contribution is 5.94. The number of rotatable bonds is 12. The first-order valence-corrected chi connectivity index (χ1v) is 10.7. The van der Waals surface area contributed by atoms with Crippen LogP contribution >= 0.6 is 0 Å². The van der Waals surface area contributed by atoms with Crippen LogP contribution in [0.15, 0.2) is 29.5 Å². The van der Waals surface area contributed by atoms with E-state index in [0.717, 1.165) is 12.8 Å². The van der Waals surface area contributed by atoms with E-state index in [2.05, 4.69) is 17.6 Å². The Morgan fingerprint density at radius 3 is 2.40 bits per heavy atom. The van der Waals surface area contributed by atoms with Crippen molar-refractivity contribution in [2.75, 3.05) is 20.8 Å². The van der Waals surface area contributed by atoms with Crippen molar-refractivity contribution < 1.29 is 23.8 Å². The van der Waals surface area contributed by atoms with Crippen molar-refractivity contribution in [3.8, 4) is 11.5 Å². The summed E-state index contributed by atoms with van der Waals surface area (Å²) >= 11 is 0. The van der Waals surface area contributed by atoms with E-state index in [-0.39, 0.29) is 6.03 Å². The molecule has 0 saturated carbocycles. The Labute approximate surface area is 179 Å². The molecule has 0 aliphatic carbocycles. The second kappa shape index (κ2) is 12.1. The molecule has 2 rings (SSSR count). The molecular formula is C23H34N2O5. The number of unbranched alkanes of at least 4 members (excludes halogenated alkanes) is 6. The fourth-order valence-electron chi connectivity index (χ4n) is 3.55. The summed E-state index contributed by atoms with van der Waals surface area (Å²) in [6.45, 7) is 4.52. The minimum atomic E-state index is -0.628. The lowest BCUT2D eigenvalue weighted by Gasteiger charge is -2.28. The molecule has 30 heavy (non-hydrogen) atoms. The van der Waals surface area contributed by atoms with Gasteiger partial charge in [-0.15, -0.1) is 0 Å². The molecule has 1 aromatic rings. The number of hydrogen-bond acceptors (Lipinski definition) is 5. The lowest BCUT2D eigenvalue weighted by Crippen LogP contribution is -2.45. The van der Waals surface area contributed by atoms with Crippen molar-refractivity contribution >= 4 is 12.0 Å². The molecule has 0 aromatic heterocycles. The Kier molecular flexibility index (Phi) is 9.51. The van der Waals surface area contributed by atoms with E-state index in [1.165, 1.54) is 39.2 Å². The number of methoxy groups -OCH3 is 2. The van der Waals surface area contributed by atoms with Gasteiger partial charge in [0.25, 0.3) is 0 Å². The first-order chi connectivity index (χ1) is 14.5. The van der Waals surface area contributed by atoms with Crippen molar-refractivity contribution in [2.24, 2.45) is 0 Å². The first-order valence-electron chi connectivity index (χ1n) is 10.7. The van der Waals surface area contributed by atoms with Crippen LogP contribution in [-0.2, 0) is 9.53 Å². The van der Waals surface area contributed by atoms with Crippen molar-refractivity contribution in [3.63, 3.8) is 0 Å². The molecule has 1 aliphatic rings. The van der Waals surface area contributed by atoms with Crippen LogP contribution in [0.1, 0.15) is 70.4 Å². The maximum absolute atomic E-state index is 12.2. The zero-order valence-electron chi connectivity index (χ0n) is 18.5. The van der Waals surface area contributed by atoms with Crippen LogP contribution in [0.3, 0.4) is 0 Å². The Balaban J connectivity index is 2.03. The minimum absolute atomic E-state index is 0.357. The average Bonchev–Trinajstić information content (AvgIpc) is 2.74. The van der Waals surface area contributed by atoms with Crippen LogP contribution in [0, 0.1) is 0 Å². The average molecular weight is 419 g/mol. The Bertz CT molecular complexity index is 760. The molecule has 0 fully saturated rings. The van der Waals surface area contributed by atoms with Gasteiger partial charge in [0, 0.05) is 5.70 Å². The second-order valence-corrected chi connectivity index (χ2v) is 7.44. The number of carbonyl (C=O) groups is 2. The maximum atomic E-state index is 12.2. The number of urea groups is 1. The van der Waals surface area contributed by atoms with Crippen molar-refractivity contribution in [1.29, 1.82) is 0 Å². The van der Waals surface area contributed by atoms with Crippen LogP contribution in [-0.4, -0.2) is 32.8 Å². The zero-order valence-corrected chi connectivity index (χ0v) is 18.5. The molecule has 0 spiro atoms. The smallest absolute Gasteiger partial charge is 0.337 e. The van der Waals surface area contributed by atoms with E-state index in [0.29, 0.717) is 34.9 Å². The maximum Gasteiger partial charge on any atom is 0.337 e. The SMILES string of the molecule is CCCCCCCCCOc1ccc(C2NC(=O)NC(C)=C2C(=O)OC)cc1OC. The highest BCUT2D eigenvalue weighted by atomic mass is 16.5. The number of ether oxygens (including phenoxy) is 3. The molecule has 7 heteroatoms. The normalized spacial score (nSPS) is 16.0. The van der Waals surface area contributed by atoms with E-state index >= 15 is 0 Å². The van der Waals surface area contributed by atoms with E-state index < -0.39 is 12.0 Å². The van der Waals surface area contributed by atoms with Crippen molar-refractivity contribution in [2.45, 2.75) is 64.8 Å². The van der Waals surface area contributed by atoms with Crippen LogP contribution < -0.4 is 20.1 Å². The first kappa shape index (κ1) is 23.6. The molecule has 0 saturated heterocycles. The molecule has 1 unspecified atom stereocenters. The molecule has 1 aliphatic heterocycles. The van der Waals surface area contributed by atoms with Gasteiger partial charge < -0.3 is 24.8 Å². The summed E-state index contributed by atoms with van der Waals surface area (Å²) in [6.07, 6.45) is 8.54. The Hall–Kier alpha value is -2.70. The van der Waals surface area contributed by atoms with Gasteiger partial charge in [0.15, 0.2) is 11.5 Å². The fraction of sp³-hybridized carbons (Fsp3) is 0.565. The summed E-state index contributed by atoms with van der Waals surface area (Å²) in [6, 6.07) is 4.43. The quantitative estimate of drug-likeness (QED) is 0.382. The summed E-state index contributed by atoms with van der Waals surface area (Å²) in [7, 11) is 2.89. The molecule has 0 radical (unpaired) electrons. The third kappa shape index (κ3) is 6.40. The van der Waals surface area contributed by atoms with E-state index in [1.54, 1.807) is 20.1 Å². The highest BCUT2D eigenvalue weighted by Gasteiger charge is 2.32. The van der Waals surface area contributed by atoms with Gasteiger partial charge in [0.2, 0.25) is 0 Å². The lowest BCUT2D eigenvalue weighted by atomic mass is 9.95. The van der Waals surface area contributed by atoms with Gasteiger partial charge >= 0.3 is 12.0 Å². The molecular weight excluding hydrogens is 384 g/mol. The van der Waals surface area contributed by atoms with Crippen LogP contribution in [0.2, 0.25) is 0 Å². The number of amides is 2. The topological polar surface area (TPSA) is 85.9 Å².